The molecule has 0 rings (SSSR count). The predicted molar refractivity (Wildman–Crippen MR) is 98.1 cm³/mol. The number of rotatable bonds is 10. The summed E-state index contributed by atoms with van der Waals surface area (Å²) >= 11 is 0. The summed E-state index contributed by atoms with van der Waals surface area (Å²) in [7, 11) is 0. The van der Waals surface area contributed by atoms with E-state index in [4.69, 9.17) is 0 Å². The van der Waals surface area contributed by atoms with E-state index in [0.717, 1.165) is 19.1 Å². The molecule has 0 unspecified atom stereocenters. The Balaban J connectivity index is 5.94. The van der Waals surface area contributed by atoms with E-state index in [1.165, 1.54) is 0 Å². The first-order valence-electron chi connectivity index (χ1n) is 7.80. The van der Waals surface area contributed by atoms with Gasteiger partial charge in [-0.1, -0.05) is 32.4 Å². The molecule has 0 heterocycles. The topological polar surface area (TPSA) is 158 Å². The Bertz CT molecular complexity index is 864. The Kier molecular flexibility index (Phi) is 11.4. The molecular weight excluding hydrogens is 420 g/mol. The van der Waals surface area contributed by atoms with E-state index in [9.17, 15) is 28.8 Å². The van der Waals surface area contributed by atoms with Gasteiger partial charge in [-0.15, -0.1) is 0 Å². The number of ether oxygens (including phenoxy) is 4. The van der Waals surface area contributed by atoms with Crippen LogP contribution in [-0.2, 0) is 57.5 Å². The van der Waals surface area contributed by atoms with Crippen LogP contribution in [0.5, 0.6) is 0 Å². The van der Waals surface area contributed by atoms with E-state index in [1.807, 2.05) is 0 Å². The summed E-state index contributed by atoms with van der Waals surface area (Å²) in [5, 5.41) is 0. The summed E-state index contributed by atoms with van der Waals surface area (Å²) in [6.07, 6.45) is 3.79. The van der Waals surface area contributed by atoms with Crippen LogP contribution in [0.25, 0.3) is 0 Å². The first-order chi connectivity index (χ1) is 14.6. The minimum Gasteiger partial charge on any atom is -0.419 e. The van der Waals surface area contributed by atoms with Gasteiger partial charge in [-0.2, -0.15) is 0 Å². The van der Waals surface area contributed by atoms with Crippen LogP contribution in [0.4, 0.5) is 0 Å². The van der Waals surface area contributed by atoms with Gasteiger partial charge in [0.25, 0.3) is 0 Å². The molecule has 0 bridgehead atoms. The smallest absolute Gasteiger partial charge is 0.419 e. The molecule has 0 aromatic heterocycles. The summed E-state index contributed by atoms with van der Waals surface area (Å²) in [5.74, 6) is -11.3. The second kappa shape index (κ2) is 13.4. The monoisotopic (exact) mass is 436 g/mol. The molecule has 0 N–H and O–H groups in total. The van der Waals surface area contributed by atoms with Crippen LogP contribution in [0.2, 0.25) is 0 Å². The van der Waals surface area contributed by atoms with Gasteiger partial charge in [0.1, 0.15) is 0 Å². The molecule has 12 nitrogen and oxygen atoms in total. The zero-order chi connectivity index (χ0) is 24.0. The van der Waals surface area contributed by atoms with Gasteiger partial charge in [0.05, 0.1) is 0 Å². The van der Waals surface area contributed by atoms with Crippen molar-refractivity contribution in [3.05, 3.63) is 74.2 Å². The predicted octanol–water partition coefficient (Wildman–Crippen LogP) is 0.977. The van der Waals surface area contributed by atoms with Crippen LogP contribution >= 0.6 is 0 Å². The Morgan fingerprint density at radius 2 is 1.10 bits per heavy atom. The highest BCUT2D eigenvalue weighted by Gasteiger charge is 2.30. The zero-order valence-corrected chi connectivity index (χ0v) is 16.1. The van der Waals surface area contributed by atoms with Crippen LogP contribution in [0.3, 0.4) is 0 Å². The van der Waals surface area contributed by atoms with Gasteiger partial charge in [-0.3, -0.25) is 4.79 Å². The van der Waals surface area contributed by atoms with E-state index in [0.29, 0.717) is 18.2 Å². The minimum atomic E-state index is -1.78. The maximum Gasteiger partial charge on any atom is 0.428 e. The van der Waals surface area contributed by atoms with Crippen LogP contribution < -0.4 is 0 Å². The van der Waals surface area contributed by atoms with E-state index in [2.05, 4.69) is 55.0 Å². The summed E-state index contributed by atoms with van der Waals surface area (Å²) in [6.45, 7) is 13.5. The Hall–Kier alpha value is -4.74. The van der Waals surface area contributed by atoms with Crippen LogP contribution in [-0.4, -0.2) is 35.8 Å². The molecule has 164 valence electrons. The van der Waals surface area contributed by atoms with Crippen molar-refractivity contribution < 1.29 is 57.5 Å². The maximum atomic E-state index is 12.2. The van der Waals surface area contributed by atoms with Gasteiger partial charge in [0, 0.05) is 25.2 Å². The second-order valence-corrected chi connectivity index (χ2v) is 4.59. The molecule has 12 heteroatoms. The molecular formula is C19H16O12. The normalized spacial score (nSPS) is 9.65. The minimum absolute atomic E-state index is 0.590. The fourth-order valence-electron chi connectivity index (χ4n) is 1.25. The molecule has 31 heavy (non-hydrogen) atoms. The number of carbonyl (C=O) groups is 6. The molecule has 0 amide bonds. The molecule has 0 radical (unpaired) electrons. The molecule has 0 aromatic rings. The van der Waals surface area contributed by atoms with Crippen LogP contribution in [0.15, 0.2) is 74.2 Å². The molecule has 0 aromatic carbocycles. The molecule has 0 aliphatic heterocycles. The highest BCUT2D eigenvalue weighted by molar-refractivity contribution is 5.95. The molecule has 0 fully saturated rings. The molecule has 0 aliphatic rings. The SMILES string of the molecule is C=C/C=C(\OC(C)=O)C(=O)OOC(=O)C(OC(=O)C=C)=C(OC(=O)C=C)OC(=O)C=C. The summed E-state index contributed by atoms with van der Waals surface area (Å²) in [6, 6.07) is 0. The Morgan fingerprint density at radius 1 is 0.645 bits per heavy atom. The zero-order valence-electron chi connectivity index (χ0n) is 16.1. The van der Waals surface area contributed by atoms with E-state index in [-0.39, 0.29) is 0 Å². The maximum absolute atomic E-state index is 12.2. The third-order valence-corrected chi connectivity index (χ3v) is 2.38. The van der Waals surface area contributed by atoms with Crippen molar-refractivity contribution in [1.29, 1.82) is 0 Å². The van der Waals surface area contributed by atoms with Crippen molar-refractivity contribution in [2.75, 3.05) is 0 Å². The fraction of sp³-hybridized carbons (Fsp3) is 0.0526. The van der Waals surface area contributed by atoms with E-state index in [1.54, 1.807) is 0 Å². The Labute approximate surface area is 175 Å². The number of allylic oxidation sites excluding steroid dienone is 2. The number of hydrogen-bond donors (Lipinski definition) is 0. The first kappa shape index (κ1) is 26.3. The average Bonchev–Trinajstić information content (AvgIpc) is 2.73. The van der Waals surface area contributed by atoms with Crippen molar-refractivity contribution in [3.63, 3.8) is 0 Å². The van der Waals surface area contributed by atoms with Gasteiger partial charge in [-0.25, -0.2) is 33.7 Å². The standard InChI is InChI=1S/C19H16O12/c1-6-10-12(26-11(5)20)17(24)30-31-18(25)16(27-13(21)7-2)19(28-14(22)8-3)29-15(23)9-4/h6-10H,1-4H2,5H3/b12-10-. The number of esters is 4. The van der Waals surface area contributed by atoms with Gasteiger partial charge in [-0.05, 0) is 6.08 Å². The number of hydrogen-bond acceptors (Lipinski definition) is 12. The lowest BCUT2D eigenvalue weighted by Crippen LogP contribution is -2.22. The molecule has 0 saturated heterocycles. The summed E-state index contributed by atoms with van der Waals surface area (Å²) in [5.41, 5.74) is 0. The third-order valence-electron chi connectivity index (χ3n) is 2.38. The quantitative estimate of drug-likeness (QED) is 0.0910. The highest BCUT2D eigenvalue weighted by atomic mass is 17.2. The van der Waals surface area contributed by atoms with Crippen LogP contribution in [0.1, 0.15) is 6.92 Å². The molecule has 0 aliphatic carbocycles. The lowest BCUT2D eigenvalue weighted by atomic mass is 10.4. The summed E-state index contributed by atoms with van der Waals surface area (Å²) in [4.78, 5) is 77.8. The Morgan fingerprint density at radius 3 is 1.52 bits per heavy atom. The third kappa shape index (κ3) is 9.84. The van der Waals surface area contributed by atoms with Crippen molar-refractivity contribution in [1.82, 2.24) is 0 Å². The van der Waals surface area contributed by atoms with E-state index < -0.39 is 53.3 Å². The van der Waals surface area contributed by atoms with Crippen molar-refractivity contribution >= 4 is 35.8 Å². The van der Waals surface area contributed by atoms with Crippen LogP contribution in [0, 0.1) is 0 Å². The van der Waals surface area contributed by atoms with Crippen molar-refractivity contribution in [3.8, 4) is 0 Å². The lowest BCUT2D eigenvalue weighted by Gasteiger charge is -2.11. The van der Waals surface area contributed by atoms with Crippen molar-refractivity contribution in [2.24, 2.45) is 0 Å². The first-order valence-corrected chi connectivity index (χ1v) is 7.80. The largest absolute Gasteiger partial charge is 0.428 e. The lowest BCUT2D eigenvalue weighted by molar-refractivity contribution is -0.257. The van der Waals surface area contributed by atoms with Gasteiger partial charge in [0.15, 0.2) is 0 Å². The fourth-order valence-corrected chi connectivity index (χ4v) is 1.25. The van der Waals surface area contributed by atoms with E-state index >= 15 is 0 Å². The molecule has 0 atom stereocenters. The second-order valence-electron chi connectivity index (χ2n) is 4.59. The number of carbonyl (C=O) groups excluding carboxylic acids is 6. The van der Waals surface area contributed by atoms with Gasteiger partial charge < -0.3 is 18.9 Å². The highest BCUT2D eigenvalue weighted by Crippen LogP contribution is 2.15. The average molecular weight is 436 g/mol. The molecule has 0 saturated carbocycles. The van der Waals surface area contributed by atoms with Crippen molar-refractivity contribution in [2.45, 2.75) is 6.92 Å². The van der Waals surface area contributed by atoms with Gasteiger partial charge >= 0.3 is 47.5 Å². The van der Waals surface area contributed by atoms with Gasteiger partial charge in [0.2, 0.25) is 5.76 Å². The molecule has 0 spiro atoms. The summed E-state index contributed by atoms with van der Waals surface area (Å²) < 4.78 is 18.1.